The predicted molar refractivity (Wildman–Crippen MR) is 85.6 cm³/mol. The van der Waals surface area contributed by atoms with Crippen LogP contribution in [-0.4, -0.2) is 23.0 Å². The number of nitrogens with zero attached hydrogens (tertiary/aromatic N) is 1. The lowest BCUT2D eigenvalue weighted by Gasteiger charge is -2.22. The fourth-order valence-corrected chi connectivity index (χ4v) is 3.06. The molecule has 5 nitrogen and oxygen atoms in total. The van der Waals surface area contributed by atoms with Crippen LogP contribution in [0.15, 0.2) is 48.7 Å². The Bertz CT molecular complexity index is 569. The Morgan fingerprint density at radius 3 is 3.09 bits per heavy atom. The SMILES string of the molecule is C[C@@H](NC(=O)C1NNC2/C=C\C=C/CCC21)c1ccccn1. The first-order valence-corrected chi connectivity index (χ1v) is 7.81. The Morgan fingerprint density at radius 1 is 1.36 bits per heavy atom. The summed E-state index contributed by atoms with van der Waals surface area (Å²) < 4.78 is 0. The van der Waals surface area contributed by atoms with Gasteiger partial charge in [-0.25, -0.2) is 10.9 Å². The number of hydrazine groups is 1. The Kier molecular flexibility index (Phi) is 4.65. The van der Waals surface area contributed by atoms with Gasteiger partial charge in [0.15, 0.2) is 0 Å². The molecule has 1 saturated heterocycles. The minimum atomic E-state index is -0.215. The number of fused-ring (bicyclic) bond motifs is 1. The van der Waals surface area contributed by atoms with Gasteiger partial charge in [-0.15, -0.1) is 0 Å². The third-order valence-corrected chi connectivity index (χ3v) is 4.30. The van der Waals surface area contributed by atoms with Crippen molar-refractivity contribution in [2.75, 3.05) is 0 Å². The summed E-state index contributed by atoms with van der Waals surface area (Å²) in [5.41, 5.74) is 7.25. The molecule has 1 fully saturated rings. The molecule has 3 rings (SSSR count). The highest BCUT2D eigenvalue weighted by Crippen LogP contribution is 2.24. The standard InChI is InChI=1S/C17H22N4O/c1-12(14-9-6-7-11-18-14)19-17(22)16-13-8-4-2-3-5-10-15(13)20-21-16/h2-3,5-7,9-13,15-16,20-21H,4,8H2,1H3,(H,19,22)/b3-2-,10-5-/t12-,13?,15?,16?/m1/s1. The Balaban J connectivity index is 1.65. The van der Waals surface area contributed by atoms with Crippen molar-refractivity contribution < 1.29 is 4.79 Å². The number of hydrogen-bond donors (Lipinski definition) is 3. The van der Waals surface area contributed by atoms with Gasteiger partial charge < -0.3 is 5.32 Å². The molecule has 1 amide bonds. The lowest BCUT2D eigenvalue weighted by atomic mass is 9.88. The summed E-state index contributed by atoms with van der Waals surface area (Å²) in [7, 11) is 0. The van der Waals surface area contributed by atoms with Gasteiger partial charge in [-0.05, 0) is 31.9 Å². The monoisotopic (exact) mass is 298 g/mol. The molecule has 3 unspecified atom stereocenters. The minimum absolute atomic E-state index is 0.0242. The van der Waals surface area contributed by atoms with Gasteiger partial charge in [-0.3, -0.25) is 9.78 Å². The molecule has 1 aromatic heterocycles. The Labute approximate surface area is 130 Å². The average molecular weight is 298 g/mol. The second kappa shape index (κ2) is 6.85. The summed E-state index contributed by atoms with van der Waals surface area (Å²) in [6.45, 7) is 1.96. The number of pyridine rings is 1. The fraction of sp³-hybridized carbons (Fsp3) is 0.412. The number of nitrogens with one attached hydrogen (secondary N) is 3. The Morgan fingerprint density at radius 2 is 2.27 bits per heavy atom. The number of aromatic nitrogens is 1. The molecule has 1 aliphatic heterocycles. The second-order valence-corrected chi connectivity index (χ2v) is 5.83. The summed E-state index contributed by atoms with van der Waals surface area (Å²) in [4.78, 5) is 16.9. The van der Waals surface area contributed by atoms with Crippen LogP contribution in [0, 0.1) is 5.92 Å². The number of rotatable bonds is 3. The summed E-state index contributed by atoms with van der Waals surface area (Å²) in [6, 6.07) is 5.62. The molecule has 1 aromatic rings. The van der Waals surface area contributed by atoms with E-state index in [1.54, 1.807) is 6.20 Å². The first-order valence-electron chi connectivity index (χ1n) is 7.81. The lowest BCUT2D eigenvalue weighted by Crippen LogP contribution is -2.46. The van der Waals surface area contributed by atoms with Crippen molar-refractivity contribution in [1.82, 2.24) is 21.2 Å². The number of carbonyl (C=O) groups excluding carboxylic acids is 1. The number of amides is 1. The van der Waals surface area contributed by atoms with E-state index in [0.717, 1.165) is 18.5 Å². The maximum absolute atomic E-state index is 12.6. The molecule has 3 N–H and O–H groups in total. The van der Waals surface area contributed by atoms with Crippen LogP contribution in [0.5, 0.6) is 0 Å². The molecule has 2 aliphatic rings. The van der Waals surface area contributed by atoms with Gasteiger partial charge in [-0.1, -0.05) is 30.4 Å². The summed E-state index contributed by atoms with van der Waals surface area (Å²) >= 11 is 0. The van der Waals surface area contributed by atoms with E-state index in [2.05, 4.69) is 39.4 Å². The van der Waals surface area contributed by atoms with Gasteiger partial charge in [0.05, 0.1) is 11.7 Å². The molecule has 2 heterocycles. The molecule has 0 radical (unpaired) electrons. The first kappa shape index (κ1) is 14.9. The maximum Gasteiger partial charge on any atom is 0.239 e. The smallest absolute Gasteiger partial charge is 0.239 e. The van der Waals surface area contributed by atoms with Crippen molar-refractivity contribution in [2.45, 2.75) is 37.9 Å². The highest BCUT2D eigenvalue weighted by molar-refractivity contribution is 5.83. The van der Waals surface area contributed by atoms with Gasteiger partial charge in [0.1, 0.15) is 6.04 Å². The van der Waals surface area contributed by atoms with Gasteiger partial charge >= 0.3 is 0 Å². The van der Waals surface area contributed by atoms with Crippen LogP contribution < -0.4 is 16.2 Å². The van der Waals surface area contributed by atoms with E-state index in [0.29, 0.717) is 0 Å². The first-order chi connectivity index (χ1) is 10.8. The van der Waals surface area contributed by atoms with Gasteiger partial charge in [0, 0.05) is 18.2 Å². The Hall–Kier alpha value is -1.98. The minimum Gasteiger partial charge on any atom is -0.347 e. The van der Waals surface area contributed by atoms with Crippen LogP contribution in [0.1, 0.15) is 31.5 Å². The largest absolute Gasteiger partial charge is 0.347 e. The topological polar surface area (TPSA) is 66.1 Å². The highest BCUT2D eigenvalue weighted by Gasteiger charge is 2.38. The quantitative estimate of drug-likeness (QED) is 0.793. The number of carbonyl (C=O) groups is 1. The zero-order valence-electron chi connectivity index (χ0n) is 12.7. The second-order valence-electron chi connectivity index (χ2n) is 5.83. The average Bonchev–Trinajstić information content (AvgIpc) is 2.90. The molecule has 5 heteroatoms. The van der Waals surface area contributed by atoms with Gasteiger partial charge in [0.25, 0.3) is 0 Å². The summed E-state index contributed by atoms with van der Waals surface area (Å²) in [6.07, 6.45) is 12.1. The molecule has 0 saturated carbocycles. The van der Waals surface area contributed by atoms with Crippen LogP contribution in [0.3, 0.4) is 0 Å². The van der Waals surface area contributed by atoms with Crippen molar-refractivity contribution >= 4 is 5.91 Å². The highest BCUT2D eigenvalue weighted by atomic mass is 16.2. The summed E-state index contributed by atoms with van der Waals surface area (Å²) in [5, 5.41) is 3.06. The van der Waals surface area contributed by atoms with E-state index in [9.17, 15) is 4.79 Å². The summed E-state index contributed by atoms with van der Waals surface area (Å²) in [5.74, 6) is 0.285. The molecule has 0 bridgehead atoms. The zero-order valence-corrected chi connectivity index (χ0v) is 12.7. The molecule has 0 spiro atoms. The van der Waals surface area contributed by atoms with Crippen LogP contribution in [-0.2, 0) is 4.79 Å². The van der Waals surface area contributed by atoms with E-state index < -0.39 is 0 Å². The molecule has 116 valence electrons. The third kappa shape index (κ3) is 3.26. The fourth-order valence-electron chi connectivity index (χ4n) is 3.06. The van der Waals surface area contributed by atoms with Crippen molar-refractivity contribution in [2.24, 2.45) is 5.92 Å². The molecular weight excluding hydrogens is 276 g/mol. The van der Waals surface area contributed by atoms with Gasteiger partial charge in [0.2, 0.25) is 5.91 Å². The van der Waals surface area contributed by atoms with E-state index in [1.165, 1.54) is 0 Å². The van der Waals surface area contributed by atoms with E-state index >= 15 is 0 Å². The van der Waals surface area contributed by atoms with Crippen LogP contribution in [0.25, 0.3) is 0 Å². The van der Waals surface area contributed by atoms with Crippen LogP contribution in [0.4, 0.5) is 0 Å². The molecular formula is C17H22N4O. The van der Waals surface area contributed by atoms with Gasteiger partial charge in [-0.2, -0.15) is 0 Å². The predicted octanol–water partition coefficient (Wildman–Crippen LogP) is 1.63. The zero-order chi connectivity index (χ0) is 15.4. The van der Waals surface area contributed by atoms with Crippen molar-refractivity contribution in [1.29, 1.82) is 0 Å². The van der Waals surface area contributed by atoms with E-state index in [4.69, 9.17) is 0 Å². The van der Waals surface area contributed by atoms with Crippen molar-refractivity contribution in [3.05, 3.63) is 54.4 Å². The van der Waals surface area contributed by atoms with Crippen LogP contribution in [0.2, 0.25) is 0 Å². The third-order valence-electron chi connectivity index (χ3n) is 4.30. The molecule has 4 atom stereocenters. The normalized spacial score (nSPS) is 31.4. The van der Waals surface area contributed by atoms with Crippen molar-refractivity contribution in [3.8, 4) is 0 Å². The number of allylic oxidation sites excluding steroid dienone is 3. The van der Waals surface area contributed by atoms with Crippen molar-refractivity contribution in [3.63, 3.8) is 0 Å². The van der Waals surface area contributed by atoms with Crippen LogP contribution >= 0.6 is 0 Å². The van der Waals surface area contributed by atoms with E-state index in [1.807, 2.05) is 31.2 Å². The molecule has 1 aliphatic carbocycles. The molecule has 22 heavy (non-hydrogen) atoms. The van der Waals surface area contributed by atoms with E-state index in [-0.39, 0.29) is 30.0 Å². The number of hydrogen-bond acceptors (Lipinski definition) is 4. The maximum atomic E-state index is 12.6. The molecule has 0 aromatic carbocycles. The lowest BCUT2D eigenvalue weighted by molar-refractivity contribution is -0.124.